The van der Waals surface area contributed by atoms with Gasteiger partial charge in [0.2, 0.25) is 0 Å². The van der Waals surface area contributed by atoms with E-state index in [-0.39, 0.29) is 0 Å². The van der Waals surface area contributed by atoms with E-state index in [1.807, 2.05) is 0 Å². The summed E-state index contributed by atoms with van der Waals surface area (Å²) in [7, 11) is 0. The van der Waals surface area contributed by atoms with Gasteiger partial charge in [-0.2, -0.15) is 0 Å². The molecule has 2 unspecified atom stereocenters. The lowest BCUT2D eigenvalue weighted by Gasteiger charge is -2.28. The molecule has 0 bridgehead atoms. The number of nitrogens with one attached hydrogen (secondary N) is 1. The van der Waals surface area contributed by atoms with Gasteiger partial charge in [-0.3, -0.25) is 0 Å². The molecular formula is C12H27NO. The SMILES string of the molecule is CCNC(COC(C)C)C(C)C(C)C. The molecule has 1 N–H and O–H groups in total. The second kappa shape index (κ2) is 7.24. The van der Waals surface area contributed by atoms with E-state index in [0.29, 0.717) is 24.0 Å². The Kier molecular flexibility index (Phi) is 7.20. The summed E-state index contributed by atoms with van der Waals surface area (Å²) < 4.78 is 5.67. The minimum atomic E-state index is 0.329. The highest BCUT2D eigenvalue weighted by Crippen LogP contribution is 2.15. The van der Waals surface area contributed by atoms with E-state index in [1.54, 1.807) is 0 Å². The van der Waals surface area contributed by atoms with E-state index in [4.69, 9.17) is 4.74 Å². The van der Waals surface area contributed by atoms with Gasteiger partial charge in [0.1, 0.15) is 0 Å². The predicted octanol–water partition coefficient (Wildman–Crippen LogP) is 2.68. The third-order valence-electron chi connectivity index (χ3n) is 2.76. The highest BCUT2D eigenvalue weighted by molar-refractivity contribution is 4.75. The Morgan fingerprint density at radius 2 is 1.64 bits per heavy atom. The van der Waals surface area contributed by atoms with Crippen LogP contribution < -0.4 is 5.32 Å². The van der Waals surface area contributed by atoms with E-state index in [9.17, 15) is 0 Å². The Morgan fingerprint density at radius 1 is 1.07 bits per heavy atom. The average Bonchev–Trinajstić information content (AvgIpc) is 2.10. The van der Waals surface area contributed by atoms with Gasteiger partial charge < -0.3 is 10.1 Å². The zero-order chi connectivity index (χ0) is 11.1. The summed E-state index contributed by atoms with van der Waals surface area (Å²) in [5, 5.41) is 3.49. The molecule has 0 fully saturated rings. The molecular weight excluding hydrogens is 174 g/mol. The van der Waals surface area contributed by atoms with E-state index >= 15 is 0 Å². The van der Waals surface area contributed by atoms with Crippen LogP contribution >= 0.6 is 0 Å². The van der Waals surface area contributed by atoms with Crippen molar-refractivity contribution >= 4 is 0 Å². The molecule has 0 spiro atoms. The van der Waals surface area contributed by atoms with Crippen molar-refractivity contribution in [3.05, 3.63) is 0 Å². The molecule has 0 aliphatic rings. The van der Waals surface area contributed by atoms with E-state index in [0.717, 1.165) is 13.2 Å². The largest absolute Gasteiger partial charge is 0.377 e. The Morgan fingerprint density at radius 3 is 2.00 bits per heavy atom. The number of rotatable bonds is 7. The zero-order valence-corrected chi connectivity index (χ0v) is 10.6. The molecule has 0 heterocycles. The fourth-order valence-corrected chi connectivity index (χ4v) is 1.42. The average molecular weight is 201 g/mol. The normalized spacial score (nSPS) is 16.3. The summed E-state index contributed by atoms with van der Waals surface area (Å²) in [6.45, 7) is 15.0. The maximum atomic E-state index is 5.67. The number of likely N-dealkylation sites (N-methyl/N-ethyl adjacent to an activating group) is 1. The van der Waals surface area contributed by atoms with Crippen molar-refractivity contribution in [2.75, 3.05) is 13.2 Å². The predicted molar refractivity (Wildman–Crippen MR) is 62.6 cm³/mol. The van der Waals surface area contributed by atoms with Gasteiger partial charge in [0.15, 0.2) is 0 Å². The van der Waals surface area contributed by atoms with E-state index in [1.165, 1.54) is 0 Å². The van der Waals surface area contributed by atoms with Gasteiger partial charge in [0.05, 0.1) is 12.7 Å². The van der Waals surface area contributed by atoms with E-state index < -0.39 is 0 Å². The second-order valence-corrected chi connectivity index (χ2v) is 4.65. The first kappa shape index (κ1) is 13.9. The maximum absolute atomic E-state index is 5.67. The monoisotopic (exact) mass is 201 g/mol. The molecule has 0 rings (SSSR count). The molecule has 0 aliphatic heterocycles. The van der Waals surface area contributed by atoms with Crippen molar-refractivity contribution in [1.82, 2.24) is 5.32 Å². The smallest absolute Gasteiger partial charge is 0.0625 e. The fourth-order valence-electron chi connectivity index (χ4n) is 1.42. The van der Waals surface area contributed by atoms with Crippen LogP contribution in [0.25, 0.3) is 0 Å². The highest BCUT2D eigenvalue weighted by atomic mass is 16.5. The van der Waals surface area contributed by atoms with Crippen molar-refractivity contribution in [2.24, 2.45) is 11.8 Å². The van der Waals surface area contributed by atoms with Crippen LogP contribution in [0.3, 0.4) is 0 Å². The Bertz CT molecular complexity index is 134. The van der Waals surface area contributed by atoms with Gasteiger partial charge in [0, 0.05) is 6.04 Å². The first-order valence-electron chi connectivity index (χ1n) is 5.84. The molecule has 0 aromatic heterocycles. The lowest BCUT2D eigenvalue weighted by molar-refractivity contribution is 0.0449. The molecule has 0 aromatic rings. The van der Waals surface area contributed by atoms with Crippen molar-refractivity contribution < 1.29 is 4.74 Å². The molecule has 14 heavy (non-hydrogen) atoms. The molecule has 2 nitrogen and oxygen atoms in total. The first-order chi connectivity index (χ1) is 6.49. The Balaban J connectivity index is 4.00. The molecule has 0 aromatic carbocycles. The van der Waals surface area contributed by atoms with Crippen molar-refractivity contribution in [2.45, 2.75) is 53.7 Å². The van der Waals surface area contributed by atoms with Gasteiger partial charge in [-0.05, 0) is 32.2 Å². The van der Waals surface area contributed by atoms with Crippen LogP contribution in [-0.4, -0.2) is 25.3 Å². The minimum absolute atomic E-state index is 0.329. The third-order valence-corrected chi connectivity index (χ3v) is 2.76. The fraction of sp³-hybridized carbons (Fsp3) is 1.00. The summed E-state index contributed by atoms with van der Waals surface area (Å²) >= 11 is 0. The first-order valence-corrected chi connectivity index (χ1v) is 5.84. The van der Waals surface area contributed by atoms with Gasteiger partial charge in [-0.25, -0.2) is 0 Å². The standard InChI is InChI=1S/C12H27NO/c1-7-13-12(8-14-10(4)5)11(6)9(2)3/h9-13H,7-8H2,1-6H3. The number of ether oxygens (including phenoxy) is 1. The van der Waals surface area contributed by atoms with Crippen LogP contribution in [0.5, 0.6) is 0 Å². The second-order valence-electron chi connectivity index (χ2n) is 4.65. The van der Waals surface area contributed by atoms with Crippen molar-refractivity contribution in [3.63, 3.8) is 0 Å². The minimum Gasteiger partial charge on any atom is -0.377 e. The van der Waals surface area contributed by atoms with Crippen molar-refractivity contribution in [3.8, 4) is 0 Å². The summed E-state index contributed by atoms with van der Waals surface area (Å²) in [4.78, 5) is 0. The Hall–Kier alpha value is -0.0800. The molecule has 2 atom stereocenters. The summed E-state index contributed by atoms with van der Waals surface area (Å²) in [6, 6.07) is 0.488. The topological polar surface area (TPSA) is 21.3 Å². The van der Waals surface area contributed by atoms with Gasteiger partial charge >= 0.3 is 0 Å². The molecule has 86 valence electrons. The number of hydrogen-bond donors (Lipinski definition) is 1. The lowest BCUT2D eigenvalue weighted by Crippen LogP contribution is -2.41. The van der Waals surface area contributed by atoms with Crippen LogP contribution in [0.4, 0.5) is 0 Å². The van der Waals surface area contributed by atoms with Crippen LogP contribution in [0.2, 0.25) is 0 Å². The van der Waals surface area contributed by atoms with Crippen LogP contribution in [-0.2, 0) is 4.74 Å². The number of hydrogen-bond acceptors (Lipinski definition) is 2. The van der Waals surface area contributed by atoms with E-state index in [2.05, 4.69) is 46.9 Å². The van der Waals surface area contributed by atoms with Gasteiger partial charge in [-0.15, -0.1) is 0 Å². The Labute approximate surface area is 89.4 Å². The van der Waals surface area contributed by atoms with Gasteiger partial charge in [-0.1, -0.05) is 27.7 Å². The lowest BCUT2D eigenvalue weighted by atomic mass is 9.90. The highest BCUT2D eigenvalue weighted by Gasteiger charge is 2.19. The van der Waals surface area contributed by atoms with Crippen LogP contribution in [0.1, 0.15) is 41.5 Å². The van der Waals surface area contributed by atoms with Crippen LogP contribution in [0, 0.1) is 11.8 Å². The molecule has 0 amide bonds. The third kappa shape index (κ3) is 5.61. The van der Waals surface area contributed by atoms with Crippen LogP contribution in [0.15, 0.2) is 0 Å². The molecule has 0 aliphatic carbocycles. The summed E-state index contributed by atoms with van der Waals surface area (Å²) in [5.41, 5.74) is 0. The molecule has 0 saturated carbocycles. The van der Waals surface area contributed by atoms with Crippen molar-refractivity contribution in [1.29, 1.82) is 0 Å². The summed E-state index contributed by atoms with van der Waals surface area (Å²) in [5.74, 6) is 1.36. The zero-order valence-electron chi connectivity index (χ0n) is 10.6. The summed E-state index contributed by atoms with van der Waals surface area (Å²) in [6.07, 6.45) is 0.329. The molecule has 2 heteroatoms. The van der Waals surface area contributed by atoms with Gasteiger partial charge in [0.25, 0.3) is 0 Å². The maximum Gasteiger partial charge on any atom is 0.0625 e. The molecule has 0 saturated heterocycles. The quantitative estimate of drug-likeness (QED) is 0.684. The molecule has 0 radical (unpaired) electrons.